The molecule has 0 atom stereocenters. The summed E-state index contributed by atoms with van der Waals surface area (Å²) in [7, 11) is 0. The highest BCUT2D eigenvalue weighted by molar-refractivity contribution is 7.13. The Bertz CT molecular complexity index is 868. The first-order valence-electron chi connectivity index (χ1n) is 7.13. The highest BCUT2D eigenvalue weighted by atomic mass is 35.5. The molecular formula is C17H16ClN3OS. The van der Waals surface area contributed by atoms with E-state index in [0.717, 1.165) is 27.5 Å². The number of primary amides is 1. The van der Waals surface area contributed by atoms with E-state index in [4.69, 9.17) is 17.3 Å². The summed E-state index contributed by atoms with van der Waals surface area (Å²) in [5.41, 5.74) is 9.89. The molecule has 1 amide bonds. The van der Waals surface area contributed by atoms with E-state index >= 15 is 0 Å². The van der Waals surface area contributed by atoms with E-state index in [9.17, 15) is 4.79 Å². The summed E-state index contributed by atoms with van der Waals surface area (Å²) in [6, 6.07) is 7.70. The lowest BCUT2D eigenvalue weighted by Gasteiger charge is -2.10. The maximum Gasteiger partial charge on any atom is 0.251 e. The van der Waals surface area contributed by atoms with Gasteiger partial charge in [0.15, 0.2) is 0 Å². The first-order valence-corrected chi connectivity index (χ1v) is 8.38. The molecule has 2 heterocycles. The summed E-state index contributed by atoms with van der Waals surface area (Å²) in [6.07, 6.45) is 1.73. The molecule has 0 aliphatic carbocycles. The van der Waals surface area contributed by atoms with Gasteiger partial charge >= 0.3 is 0 Å². The van der Waals surface area contributed by atoms with Crippen LogP contribution in [0.25, 0.3) is 10.6 Å². The fourth-order valence-electron chi connectivity index (χ4n) is 2.85. The second-order valence-corrected chi connectivity index (χ2v) is 6.67. The van der Waals surface area contributed by atoms with Crippen molar-refractivity contribution in [3.63, 3.8) is 0 Å². The standard InChI is InChI=1S/C17H16ClN3OS/c1-10-14(16(19)22)15(17-20-6-7-23-17)11(2)21(10)9-12-4-3-5-13(18)8-12/h3-8H,9H2,1-2H3,(H2,19,22). The van der Waals surface area contributed by atoms with Crippen LogP contribution in [0.4, 0.5) is 0 Å². The average molecular weight is 346 g/mol. The molecule has 0 bridgehead atoms. The van der Waals surface area contributed by atoms with Crippen LogP contribution in [0.3, 0.4) is 0 Å². The molecule has 118 valence electrons. The van der Waals surface area contributed by atoms with Crippen LogP contribution in [-0.4, -0.2) is 15.5 Å². The quantitative estimate of drug-likeness (QED) is 0.776. The lowest BCUT2D eigenvalue weighted by Crippen LogP contribution is -2.13. The van der Waals surface area contributed by atoms with Crippen molar-refractivity contribution in [2.24, 2.45) is 5.73 Å². The van der Waals surface area contributed by atoms with Gasteiger partial charge in [0.05, 0.1) is 5.56 Å². The zero-order valence-corrected chi connectivity index (χ0v) is 14.4. The zero-order valence-electron chi connectivity index (χ0n) is 12.8. The highest BCUT2D eigenvalue weighted by Gasteiger charge is 2.24. The van der Waals surface area contributed by atoms with Crippen LogP contribution in [0.1, 0.15) is 27.3 Å². The first-order chi connectivity index (χ1) is 11.0. The molecule has 0 fully saturated rings. The Morgan fingerprint density at radius 1 is 1.35 bits per heavy atom. The number of nitrogens with two attached hydrogens (primary N) is 1. The lowest BCUT2D eigenvalue weighted by atomic mass is 10.1. The van der Waals surface area contributed by atoms with Crippen LogP contribution >= 0.6 is 22.9 Å². The van der Waals surface area contributed by atoms with Crippen molar-refractivity contribution < 1.29 is 4.79 Å². The van der Waals surface area contributed by atoms with Crippen LogP contribution < -0.4 is 5.73 Å². The predicted octanol–water partition coefficient (Wildman–Crippen LogP) is 4.03. The van der Waals surface area contributed by atoms with Gasteiger partial charge in [-0.2, -0.15) is 0 Å². The molecule has 3 aromatic rings. The first kappa shape index (κ1) is 15.8. The van der Waals surface area contributed by atoms with Crippen molar-refractivity contribution in [1.82, 2.24) is 9.55 Å². The van der Waals surface area contributed by atoms with Crippen LogP contribution in [0.15, 0.2) is 35.8 Å². The SMILES string of the molecule is Cc1c(C(N)=O)c(-c2nccs2)c(C)n1Cc1cccc(Cl)c1. The summed E-state index contributed by atoms with van der Waals surface area (Å²) in [4.78, 5) is 16.3. The second-order valence-electron chi connectivity index (χ2n) is 5.34. The van der Waals surface area contributed by atoms with E-state index in [0.29, 0.717) is 17.1 Å². The van der Waals surface area contributed by atoms with Gasteiger partial charge in [0.2, 0.25) is 0 Å². The Morgan fingerprint density at radius 3 is 2.74 bits per heavy atom. The van der Waals surface area contributed by atoms with Gasteiger partial charge in [-0.15, -0.1) is 11.3 Å². The molecule has 23 heavy (non-hydrogen) atoms. The van der Waals surface area contributed by atoms with E-state index < -0.39 is 5.91 Å². The minimum absolute atomic E-state index is 0.430. The molecule has 0 unspecified atom stereocenters. The Hall–Kier alpha value is -2.11. The number of aromatic nitrogens is 2. The number of nitrogens with zero attached hydrogens (tertiary/aromatic N) is 2. The number of benzene rings is 1. The number of carbonyl (C=O) groups excluding carboxylic acids is 1. The number of thiazole rings is 1. The van der Waals surface area contributed by atoms with Crippen molar-refractivity contribution in [2.45, 2.75) is 20.4 Å². The maximum atomic E-state index is 12.0. The van der Waals surface area contributed by atoms with Gasteiger partial charge in [-0.25, -0.2) is 4.98 Å². The fourth-order valence-corrected chi connectivity index (χ4v) is 3.80. The van der Waals surface area contributed by atoms with E-state index in [1.165, 1.54) is 11.3 Å². The van der Waals surface area contributed by atoms with E-state index in [2.05, 4.69) is 9.55 Å². The third-order valence-electron chi connectivity index (χ3n) is 3.91. The average Bonchev–Trinajstić information content (AvgIpc) is 3.09. The van der Waals surface area contributed by atoms with Gasteiger partial charge in [0.25, 0.3) is 5.91 Å². The van der Waals surface area contributed by atoms with Crippen LogP contribution in [0, 0.1) is 13.8 Å². The van der Waals surface area contributed by atoms with Gasteiger partial charge in [0.1, 0.15) is 5.01 Å². The molecule has 0 saturated heterocycles. The molecular weight excluding hydrogens is 330 g/mol. The number of rotatable bonds is 4. The van der Waals surface area contributed by atoms with Crippen molar-refractivity contribution in [2.75, 3.05) is 0 Å². The summed E-state index contributed by atoms with van der Waals surface area (Å²) in [5, 5.41) is 3.40. The Morgan fingerprint density at radius 2 is 2.13 bits per heavy atom. The summed E-state index contributed by atoms with van der Waals surface area (Å²) < 4.78 is 2.09. The molecule has 0 spiro atoms. The Balaban J connectivity index is 2.15. The number of hydrogen-bond donors (Lipinski definition) is 1. The highest BCUT2D eigenvalue weighted by Crippen LogP contribution is 2.34. The number of hydrogen-bond acceptors (Lipinski definition) is 3. The van der Waals surface area contributed by atoms with Crippen molar-refractivity contribution >= 4 is 28.8 Å². The third-order valence-corrected chi connectivity index (χ3v) is 4.93. The van der Waals surface area contributed by atoms with Gasteiger partial charge in [0, 0.05) is 40.1 Å². The normalized spacial score (nSPS) is 10.9. The molecule has 1 aromatic carbocycles. The van der Waals surface area contributed by atoms with Gasteiger partial charge in [-0.05, 0) is 31.5 Å². The molecule has 2 N–H and O–H groups in total. The Kier molecular flexibility index (Phi) is 4.24. The Labute approximate surface area is 143 Å². The van der Waals surface area contributed by atoms with Crippen LogP contribution in [0.5, 0.6) is 0 Å². The molecule has 0 aliphatic rings. The van der Waals surface area contributed by atoms with Crippen molar-refractivity contribution in [3.05, 3.63) is 63.4 Å². The molecule has 6 heteroatoms. The van der Waals surface area contributed by atoms with E-state index in [-0.39, 0.29) is 0 Å². The molecule has 2 aromatic heterocycles. The number of carbonyl (C=O) groups is 1. The second kappa shape index (κ2) is 6.18. The van der Waals surface area contributed by atoms with Crippen molar-refractivity contribution in [1.29, 1.82) is 0 Å². The minimum Gasteiger partial charge on any atom is -0.366 e. The monoisotopic (exact) mass is 345 g/mol. The molecule has 3 rings (SSSR count). The van der Waals surface area contributed by atoms with Gasteiger partial charge in [-0.1, -0.05) is 23.7 Å². The van der Waals surface area contributed by atoms with E-state index in [1.54, 1.807) is 6.20 Å². The number of amides is 1. The fraction of sp³-hybridized carbons (Fsp3) is 0.176. The summed E-state index contributed by atoms with van der Waals surface area (Å²) in [6.45, 7) is 4.53. The van der Waals surface area contributed by atoms with Crippen LogP contribution in [-0.2, 0) is 6.54 Å². The summed E-state index contributed by atoms with van der Waals surface area (Å²) in [5.74, 6) is -0.430. The largest absolute Gasteiger partial charge is 0.366 e. The molecule has 0 saturated carbocycles. The predicted molar refractivity (Wildman–Crippen MR) is 94.1 cm³/mol. The summed E-state index contributed by atoms with van der Waals surface area (Å²) >= 11 is 7.57. The number of halogens is 1. The van der Waals surface area contributed by atoms with Gasteiger partial charge in [-0.3, -0.25) is 4.79 Å². The van der Waals surface area contributed by atoms with E-state index in [1.807, 2.05) is 43.5 Å². The maximum absolute atomic E-state index is 12.0. The minimum atomic E-state index is -0.430. The van der Waals surface area contributed by atoms with Crippen molar-refractivity contribution in [3.8, 4) is 10.6 Å². The van der Waals surface area contributed by atoms with Gasteiger partial charge < -0.3 is 10.3 Å². The lowest BCUT2D eigenvalue weighted by molar-refractivity contribution is 0.1000. The molecule has 0 aliphatic heterocycles. The van der Waals surface area contributed by atoms with Crippen LogP contribution in [0.2, 0.25) is 5.02 Å². The molecule has 0 radical (unpaired) electrons. The third kappa shape index (κ3) is 2.90. The zero-order chi connectivity index (χ0) is 16.6. The topological polar surface area (TPSA) is 60.9 Å². The smallest absolute Gasteiger partial charge is 0.251 e. The molecule has 4 nitrogen and oxygen atoms in total.